The number of hydrogen-bond acceptors (Lipinski definition) is 7. The largest absolute Gasteiger partial charge is 0.361 e. The van der Waals surface area contributed by atoms with Gasteiger partial charge in [-0.2, -0.15) is 9.97 Å². The summed E-state index contributed by atoms with van der Waals surface area (Å²) >= 11 is 12.2. The Morgan fingerprint density at radius 1 is 1.10 bits per heavy atom. The van der Waals surface area contributed by atoms with Crippen LogP contribution in [0.25, 0.3) is 22.2 Å². The molecule has 3 N–H and O–H groups in total. The van der Waals surface area contributed by atoms with E-state index >= 15 is 0 Å². The van der Waals surface area contributed by atoms with E-state index in [1.807, 2.05) is 4.57 Å². The van der Waals surface area contributed by atoms with Crippen LogP contribution < -0.4 is 15.5 Å². The van der Waals surface area contributed by atoms with Gasteiger partial charge in [-0.3, -0.25) is 0 Å². The molecule has 1 fully saturated rings. The summed E-state index contributed by atoms with van der Waals surface area (Å²) in [5.74, 6) is 2.16. The normalized spacial score (nSPS) is 14.7. The zero-order chi connectivity index (χ0) is 20.7. The molecule has 0 radical (unpaired) electrons. The van der Waals surface area contributed by atoms with E-state index in [4.69, 9.17) is 33.2 Å². The Morgan fingerprint density at radius 2 is 1.90 bits per heavy atom. The fourth-order valence-corrected chi connectivity index (χ4v) is 3.92. The van der Waals surface area contributed by atoms with Gasteiger partial charge in [-0.05, 0) is 19.1 Å². The number of aryl methyl sites for hydroxylation is 1. The second-order valence-corrected chi connectivity index (χ2v) is 7.95. The second kappa shape index (κ2) is 7.90. The first kappa shape index (κ1) is 19.3. The number of halogens is 2. The number of benzene rings is 1. The van der Waals surface area contributed by atoms with Crippen molar-refractivity contribution >= 4 is 57.2 Å². The Balaban J connectivity index is 1.47. The number of hydrogen-bond donors (Lipinski definition) is 3. The minimum absolute atomic E-state index is 0.454. The number of H-pyrrole nitrogens is 1. The van der Waals surface area contributed by atoms with Crippen LogP contribution in [0.3, 0.4) is 0 Å². The predicted octanol–water partition coefficient (Wildman–Crippen LogP) is 3.05. The lowest BCUT2D eigenvalue weighted by molar-refractivity contribution is 0.580. The molecule has 5 rings (SSSR count). The zero-order valence-corrected chi connectivity index (χ0v) is 17.9. The Morgan fingerprint density at radius 3 is 2.70 bits per heavy atom. The maximum absolute atomic E-state index is 6.11. The molecule has 0 spiro atoms. The Hall–Kier alpha value is -2.62. The molecule has 30 heavy (non-hydrogen) atoms. The summed E-state index contributed by atoms with van der Waals surface area (Å²) in [5, 5.41) is 7.72. The molecule has 9 nitrogen and oxygen atoms in total. The van der Waals surface area contributed by atoms with Crippen molar-refractivity contribution in [3.8, 4) is 0 Å². The van der Waals surface area contributed by atoms with Crippen LogP contribution >= 0.6 is 23.2 Å². The van der Waals surface area contributed by atoms with Crippen molar-refractivity contribution in [3.05, 3.63) is 34.3 Å². The van der Waals surface area contributed by atoms with E-state index in [9.17, 15) is 0 Å². The summed E-state index contributed by atoms with van der Waals surface area (Å²) in [5.41, 5.74) is 3.18. The first-order chi connectivity index (χ1) is 14.6. The lowest BCUT2D eigenvalue weighted by atomic mass is 10.3. The van der Waals surface area contributed by atoms with E-state index in [2.05, 4.69) is 37.4 Å². The van der Waals surface area contributed by atoms with Crippen LogP contribution in [0.2, 0.25) is 10.0 Å². The minimum atomic E-state index is 0.454. The van der Waals surface area contributed by atoms with Gasteiger partial charge in [-0.15, -0.1) is 0 Å². The molecule has 4 aromatic rings. The molecule has 11 heteroatoms. The van der Waals surface area contributed by atoms with Gasteiger partial charge in [0.15, 0.2) is 17.0 Å². The standard InChI is InChI=1S/C19H21Cl2N9/c1-2-29-10-24-16-17(27-19(28-18(16)29)30-5-3-22-4-6-30)23-9-15-25-13-7-11(20)12(21)8-14(13)26-15/h7-8,10,22H,2-6,9H2,1H3,(H,25,26)(H,23,27,28). The molecule has 0 atom stereocenters. The predicted molar refractivity (Wildman–Crippen MR) is 120 cm³/mol. The highest BCUT2D eigenvalue weighted by atomic mass is 35.5. The summed E-state index contributed by atoms with van der Waals surface area (Å²) in [6, 6.07) is 3.54. The third-order valence-corrected chi connectivity index (χ3v) is 5.91. The van der Waals surface area contributed by atoms with Crippen molar-refractivity contribution < 1.29 is 0 Å². The molecule has 3 aromatic heterocycles. The summed E-state index contributed by atoms with van der Waals surface area (Å²) in [4.78, 5) is 24.2. The van der Waals surface area contributed by atoms with Crippen LogP contribution in [0.5, 0.6) is 0 Å². The highest BCUT2D eigenvalue weighted by molar-refractivity contribution is 6.42. The van der Waals surface area contributed by atoms with Crippen molar-refractivity contribution in [1.82, 2.24) is 34.8 Å². The Kier molecular flexibility index (Phi) is 5.10. The van der Waals surface area contributed by atoms with Gasteiger partial charge in [0.25, 0.3) is 0 Å². The maximum atomic E-state index is 6.11. The molecule has 0 amide bonds. The van der Waals surface area contributed by atoms with E-state index in [1.54, 1.807) is 18.5 Å². The molecule has 0 unspecified atom stereocenters. The summed E-state index contributed by atoms with van der Waals surface area (Å²) in [6.45, 7) is 6.90. The quantitative estimate of drug-likeness (QED) is 0.433. The van der Waals surface area contributed by atoms with Crippen LogP contribution in [-0.4, -0.2) is 55.7 Å². The number of nitrogens with zero attached hydrogens (tertiary/aromatic N) is 6. The van der Waals surface area contributed by atoms with Crippen molar-refractivity contribution in [1.29, 1.82) is 0 Å². The van der Waals surface area contributed by atoms with Gasteiger partial charge < -0.3 is 25.1 Å². The maximum Gasteiger partial charge on any atom is 0.229 e. The van der Waals surface area contributed by atoms with Gasteiger partial charge in [-0.25, -0.2) is 9.97 Å². The number of imidazole rings is 2. The summed E-state index contributed by atoms with van der Waals surface area (Å²) in [7, 11) is 0. The third kappa shape index (κ3) is 3.53. The highest BCUT2D eigenvalue weighted by Gasteiger charge is 2.19. The lowest BCUT2D eigenvalue weighted by Gasteiger charge is -2.27. The average Bonchev–Trinajstić information content (AvgIpc) is 3.36. The van der Waals surface area contributed by atoms with Crippen LogP contribution in [0.4, 0.5) is 11.8 Å². The SMILES string of the molecule is CCn1cnc2c(NCc3nc4cc(Cl)c(Cl)cc4[nH]3)nc(N3CCNCC3)nc21. The van der Waals surface area contributed by atoms with Crippen molar-refractivity contribution in [2.24, 2.45) is 0 Å². The molecular weight excluding hydrogens is 425 g/mol. The number of fused-ring (bicyclic) bond motifs is 2. The number of nitrogens with one attached hydrogen (secondary N) is 3. The molecule has 1 aliphatic rings. The Bertz CT molecular complexity index is 1170. The highest BCUT2D eigenvalue weighted by Crippen LogP contribution is 2.27. The number of aromatic nitrogens is 6. The molecule has 1 aliphatic heterocycles. The number of aromatic amines is 1. The van der Waals surface area contributed by atoms with Crippen molar-refractivity contribution in [2.45, 2.75) is 20.0 Å². The first-order valence-corrected chi connectivity index (χ1v) is 10.6. The smallest absolute Gasteiger partial charge is 0.229 e. The molecule has 156 valence electrons. The van der Waals surface area contributed by atoms with E-state index in [-0.39, 0.29) is 0 Å². The van der Waals surface area contributed by atoms with Gasteiger partial charge >= 0.3 is 0 Å². The van der Waals surface area contributed by atoms with Gasteiger partial charge in [0.05, 0.1) is 34.0 Å². The first-order valence-electron chi connectivity index (χ1n) is 9.88. The van der Waals surface area contributed by atoms with E-state index < -0.39 is 0 Å². The topological polar surface area (TPSA) is 99.6 Å². The fourth-order valence-electron chi connectivity index (χ4n) is 3.60. The molecule has 0 saturated carbocycles. The van der Waals surface area contributed by atoms with Crippen LogP contribution in [0.1, 0.15) is 12.7 Å². The second-order valence-electron chi connectivity index (χ2n) is 7.13. The summed E-state index contributed by atoms with van der Waals surface area (Å²) < 4.78 is 2.03. The number of anilines is 2. The van der Waals surface area contributed by atoms with Crippen molar-refractivity contribution in [3.63, 3.8) is 0 Å². The van der Waals surface area contributed by atoms with Crippen LogP contribution in [0, 0.1) is 0 Å². The molecule has 1 saturated heterocycles. The molecule has 4 heterocycles. The summed E-state index contributed by atoms with van der Waals surface area (Å²) in [6.07, 6.45) is 1.80. The number of piperazine rings is 1. The van der Waals surface area contributed by atoms with E-state index in [0.29, 0.717) is 28.4 Å². The monoisotopic (exact) mass is 445 g/mol. The Labute approximate surface area is 182 Å². The van der Waals surface area contributed by atoms with Crippen molar-refractivity contribution in [2.75, 3.05) is 36.4 Å². The lowest BCUT2D eigenvalue weighted by Crippen LogP contribution is -2.44. The van der Waals surface area contributed by atoms with Crippen LogP contribution in [0.15, 0.2) is 18.5 Å². The van der Waals surface area contributed by atoms with Gasteiger partial charge in [0, 0.05) is 32.7 Å². The molecular formula is C19H21Cl2N9. The van der Waals surface area contributed by atoms with Gasteiger partial charge in [-0.1, -0.05) is 23.2 Å². The van der Waals surface area contributed by atoms with Gasteiger partial charge in [0.2, 0.25) is 5.95 Å². The molecule has 0 bridgehead atoms. The third-order valence-electron chi connectivity index (χ3n) is 5.19. The zero-order valence-electron chi connectivity index (χ0n) is 16.4. The average molecular weight is 446 g/mol. The minimum Gasteiger partial charge on any atom is -0.361 e. The van der Waals surface area contributed by atoms with Crippen LogP contribution in [-0.2, 0) is 13.1 Å². The van der Waals surface area contributed by atoms with Gasteiger partial charge in [0.1, 0.15) is 5.82 Å². The van der Waals surface area contributed by atoms with E-state index in [0.717, 1.165) is 60.7 Å². The molecule has 0 aliphatic carbocycles. The fraction of sp³-hybridized carbons (Fsp3) is 0.368. The molecule has 1 aromatic carbocycles. The number of rotatable bonds is 5. The van der Waals surface area contributed by atoms with E-state index in [1.165, 1.54) is 0 Å².